The molecule has 0 radical (unpaired) electrons. The molecule has 1 aliphatic rings. The molecule has 2 atom stereocenters. The van der Waals surface area contributed by atoms with Gasteiger partial charge in [0, 0.05) is 29.3 Å². The molecule has 1 aromatic rings. The molecule has 1 aliphatic carbocycles. The Morgan fingerprint density at radius 3 is 2.72 bits per heavy atom. The van der Waals surface area contributed by atoms with Crippen LogP contribution in [0.5, 0.6) is 0 Å². The van der Waals surface area contributed by atoms with Gasteiger partial charge in [-0.05, 0) is 49.0 Å². The Kier molecular flexibility index (Phi) is 12.2. The van der Waals surface area contributed by atoms with Crippen LogP contribution in [0.15, 0.2) is 59.9 Å². The standard InChI is InChI=1S/C29H41N3O3S/c1-6-7-12-27(31)32-28(33)24-15-25(35-18-23-11-9-8-10-22(23)4)17-29(5,16-24)19-34-14-13-26(21(2)3)36-20-30/h7-12,15-16,20-21,26,30H,6,13-14,17-19H2,1-5H3,(H2,31,32,33)/b12-7-,30-20?. The Morgan fingerprint density at radius 2 is 2.06 bits per heavy atom. The van der Waals surface area contributed by atoms with Gasteiger partial charge in [0.2, 0.25) is 0 Å². The Morgan fingerprint density at radius 1 is 1.31 bits per heavy atom. The number of rotatable bonds is 14. The van der Waals surface area contributed by atoms with E-state index in [4.69, 9.17) is 20.3 Å². The Balaban J connectivity index is 2.13. The van der Waals surface area contributed by atoms with Crippen molar-refractivity contribution in [3.05, 3.63) is 71.0 Å². The van der Waals surface area contributed by atoms with Crippen LogP contribution in [0, 0.1) is 29.1 Å². The lowest BCUT2D eigenvalue weighted by Crippen LogP contribution is -2.33. The van der Waals surface area contributed by atoms with Crippen molar-refractivity contribution < 1.29 is 14.3 Å². The van der Waals surface area contributed by atoms with E-state index in [1.807, 2.05) is 37.3 Å². The summed E-state index contributed by atoms with van der Waals surface area (Å²) in [5.41, 5.74) is 3.71. The number of amidine groups is 1. The number of thioether (sulfide) groups is 1. The van der Waals surface area contributed by atoms with Crippen LogP contribution in [0.3, 0.4) is 0 Å². The van der Waals surface area contributed by atoms with E-state index >= 15 is 0 Å². The summed E-state index contributed by atoms with van der Waals surface area (Å²) in [6, 6.07) is 8.10. The molecule has 0 saturated heterocycles. The summed E-state index contributed by atoms with van der Waals surface area (Å²) in [5.74, 6) is 0.922. The molecule has 6 nitrogen and oxygen atoms in total. The van der Waals surface area contributed by atoms with E-state index in [9.17, 15) is 4.79 Å². The smallest absolute Gasteiger partial charge is 0.256 e. The van der Waals surface area contributed by atoms with E-state index in [0.717, 1.165) is 29.7 Å². The number of amides is 1. The zero-order valence-electron chi connectivity index (χ0n) is 22.2. The van der Waals surface area contributed by atoms with Gasteiger partial charge in [0.15, 0.2) is 0 Å². The predicted octanol–water partition coefficient (Wildman–Crippen LogP) is 6.56. The zero-order valence-corrected chi connectivity index (χ0v) is 23.0. The van der Waals surface area contributed by atoms with Crippen LogP contribution < -0.4 is 5.32 Å². The van der Waals surface area contributed by atoms with Crippen molar-refractivity contribution in [1.82, 2.24) is 5.32 Å². The number of carbonyl (C=O) groups is 1. The summed E-state index contributed by atoms with van der Waals surface area (Å²) in [4.78, 5) is 13.0. The SMILES string of the molecule is CC/C=C\C(=N)NC(=O)C1=CC(C)(COCCC(SC=N)C(C)C)CC(OCc2ccccc2C)=C1. The summed E-state index contributed by atoms with van der Waals surface area (Å²) in [6.07, 6.45) is 9.42. The molecule has 0 heterocycles. The first-order valence-electron chi connectivity index (χ1n) is 12.6. The summed E-state index contributed by atoms with van der Waals surface area (Å²) in [5, 5.41) is 18.4. The van der Waals surface area contributed by atoms with Crippen LogP contribution in [-0.4, -0.2) is 35.8 Å². The highest BCUT2D eigenvalue weighted by Crippen LogP contribution is 2.35. The fraction of sp³-hybridized carbons (Fsp3) is 0.483. The minimum absolute atomic E-state index is 0.0606. The molecule has 7 heteroatoms. The summed E-state index contributed by atoms with van der Waals surface area (Å²) < 4.78 is 12.3. The third kappa shape index (κ3) is 9.78. The van der Waals surface area contributed by atoms with Gasteiger partial charge in [-0.25, -0.2) is 0 Å². The molecule has 3 N–H and O–H groups in total. The van der Waals surface area contributed by atoms with Crippen molar-refractivity contribution >= 4 is 29.1 Å². The topological polar surface area (TPSA) is 95.3 Å². The first-order valence-corrected chi connectivity index (χ1v) is 13.5. The van der Waals surface area contributed by atoms with Crippen LogP contribution in [0.4, 0.5) is 0 Å². The quantitative estimate of drug-likeness (QED) is 0.150. The highest BCUT2D eigenvalue weighted by atomic mass is 32.2. The predicted molar refractivity (Wildman–Crippen MR) is 151 cm³/mol. The monoisotopic (exact) mass is 511 g/mol. The van der Waals surface area contributed by atoms with Gasteiger partial charge in [0.1, 0.15) is 12.4 Å². The fourth-order valence-corrected chi connectivity index (χ4v) is 4.69. The van der Waals surface area contributed by atoms with Crippen molar-refractivity contribution in [2.24, 2.45) is 11.3 Å². The third-order valence-corrected chi connectivity index (χ3v) is 7.33. The van der Waals surface area contributed by atoms with Gasteiger partial charge < -0.3 is 20.2 Å². The average molecular weight is 512 g/mol. The van der Waals surface area contributed by atoms with Crippen LogP contribution in [-0.2, 0) is 20.9 Å². The second-order valence-electron chi connectivity index (χ2n) is 9.81. The van der Waals surface area contributed by atoms with E-state index in [1.165, 1.54) is 17.3 Å². The van der Waals surface area contributed by atoms with E-state index < -0.39 is 5.41 Å². The van der Waals surface area contributed by atoms with Crippen LogP contribution in [0.1, 0.15) is 58.1 Å². The third-order valence-electron chi connectivity index (χ3n) is 6.07. The number of hydrogen-bond donors (Lipinski definition) is 3. The summed E-state index contributed by atoms with van der Waals surface area (Å²) >= 11 is 1.53. The molecule has 2 unspecified atom stereocenters. The highest BCUT2D eigenvalue weighted by Gasteiger charge is 2.31. The van der Waals surface area contributed by atoms with E-state index in [2.05, 4.69) is 39.1 Å². The molecular formula is C29H41N3O3S. The minimum atomic E-state index is -0.425. The van der Waals surface area contributed by atoms with Crippen LogP contribution in [0.2, 0.25) is 0 Å². The van der Waals surface area contributed by atoms with E-state index in [-0.39, 0.29) is 11.7 Å². The molecular weight excluding hydrogens is 470 g/mol. The van der Waals surface area contributed by atoms with E-state index in [1.54, 1.807) is 12.2 Å². The first kappa shape index (κ1) is 29.6. The number of hydrogen-bond acceptors (Lipinski definition) is 6. The molecule has 0 aromatic heterocycles. The van der Waals surface area contributed by atoms with Gasteiger partial charge in [-0.2, -0.15) is 0 Å². The maximum Gasteiger partial charge on any atom is 0.256 e. The average Bonchev–Trinajstić information content (AvgIpc) is 2.83. The summed E-state index contributed by atoms with van der Waals surface area (Å²) in [7, 11) is 0. The van der Waals surface area contributed by atoms with E-state index in [0.29, 0.717) is 43.0 Å². The lowest BCUT2D eigenvalue weighted by atomic mass is 9.81. The molecule has 0 spiro atoms. The van der Waals surface area contributed by atoms with Gasteiger partial charge >= 0.3 is 0 Å². The Labute approximate surface area is 220 Å². The van der Waals surface area contributed by atoms with Gasteiger partial charge in [-0.1, -0.05) is 64.1 Å². The second-order valence-corrected chi connectivity index (χ2v) is 10.9. The molecule has 1 amide bonds. The number of aryl methyl sites for hydroxylation is 1. The number of nitrogens with one attached hydrogen (secondary N) is 3. The number of ether oxygens (including phenoxy) is 2. The highest BCUT2D eigenvalue weighted by molar-refractivity contribution is 8.12. The normalized spacial score (nSPS) is 18.5. The molecule has 196 valence electrons. The summed E-state index contributed by atoms with van der Waals surface area (Å²) in [6.45, 7) is 11.9. The minimum Gasteiger partial charge on any atom is -0.493 e. The molecule has 0 fully saturated rings. The van der Waals surface area contributed by atoms with Crippen molar-refractivity contribution in [3.8, 4) is 0 Å². The van der Waals surface area contributed by atoms with Crippen LogP contribution in [0.25, 0.3) is 0 Å². The molecule has 1 aromatic carbocycles. The Hall–Kier alpha value is -2.64. The maximum atomic E-state index is 13.0. The van der Waals surface area contributed by atoms with Gasteiger partial charge in [0.25, 0.3) is 5.91 Å². The lowest BCUT2D eigenvalue weighted by molar-refractivity contribution is -0.116. The van der Waals surface area contributed by atoms with Crippen molar-refractivity contribution in [1.29, 1.82) is 10.8 Å². The fourth-order valence-electron chi connectivity index (χ4n) is 3.97. The maximum absolute atomic E-state index is 13.0. The first-order chi connectivity index (χ1) is 17.2. The van der Waals surface area contributed by atoms with Crippen molar-refractivity contribution in [2.75, 3.05) is 13.2 Å². The van der Waals surface area contributed by atoms with Crippen molar-refractivity contribution in [3.63, 3.8) is 0 Å². The van der Waals surface area contributed by atoms with Gasteiger partial charge in [-0.3, -0.25) is 10.2 Å². The lowest BCUT2D eigenvalue weighted by Gasteiger charge is -2.31. The molecule has 0 bridgehead atoms. The van der Waals surface area contributed by atoms with Gasteiger partial charge in [-0.15, -0.1) is 11.8 Å². The molecule has 2 rings (SSSR count). The van der Waals surface area contributed by atoms with Gasteiger partial charge in [0.05, 0.1) is 17.9 Å². The molecule has 0 saturated carbocycles. The number of allylic oxidation sites excluding steroid dienone is 2. The Bertz CT molecular complexity index is 999. The van der Waals surface area contributed by atoms with Crippen molar-refractivity contribution in [2.45, 2.75) is 65.7 Å². The number of benzene rings is 1. The van der Waals surface area contributed by atoms with Crippen LogP contribution >= 0.6 is 11.8 Å². The molecule has 0 aliphatic heterocycles. The second kappa shape index (κ2) is 14.8. The zero-order chi connectivity index (χ0) is 26.6. The number of carbonyl (C=O) groups excluding carboxylic acids is 1. The largest absolute Gasteiger partial charge is 0.493 e. The molecule has 36 heavy (non-hydrogen) atoms.